The topological polar surface area (TPSA) is 100 Å². The molecule has 1 fully saturated rings. The Morgan fingerprint density at radius 3 is 2.61 bits per heavy atom. The Bertz CT molecular complexity index is 1200. The largest absolute Gasteiger partial charge is 0.394 e. The van der Waals surface area contributed by atoms with E-state index in [0.717, 1.165) is 6.07 Å². The minimum Gasteiger partial charge on any atom is -0.394 e. The zero-order valence-corrected chi connectivity index (χ0v) is 22.5. The van der Waals surface area contributed by atoms with E-state index < -0.39 is 36.2 Å². The molecule has 0 spiro atoms. The lowest BCUT2D eigenvalue weighted by atomic mass is 9.76. The Balaban J connectivity index is 1.87. The van der Waals surface area contributed by atoms with Gasteiger partial charge in [0.05, 0.1) is 24.3 Å². The molecule has 38 heavy (non-hydrogen) atoms. The summed E-state index contributed by atoms with van der Waals surface area (Å²) in [7, 11) is 1.48. The molecule has 0 heterocycles. The van der Waals surface area contributed by atoms with E-state index in [1.54, 1.807) is 31.2 Å². The van der Waals surface area contributed by atoms with Crippen molar-refractivity contribution in [2.75, 3.05) is 13.7 Å². The molecule has 1 saturated carbocycles. The number of carbonyl (C=O) groups is 1. The van der Waals surface area contributed by atoms with Gasteiger partial charge in [-0.2, -0.15) is 0 Å². The standard InChI is InChI=1S/C28H34ClF3N4O2/c1-4-23(18-10-11-28(31,32)16(2)12-18)35-25(26(33)34-3)19-8-9-21(22(30)14-19)27(38)36-24(15-37)17-6-5-7-20(29)13-17/h5-9,13-14,16,18,23-24,37H,4,10-12,15H2,1-3H3,(H2,33,34)(H,36,38)/t16-,18-,23?,24-/m1/s1. The number of amides is 1. The average molecular weight is 551 g/mol. The number of benzene rings is 2. The molecule has 206 valence electrons. The Morgan fingerprint density at radius 2 is 2.03 bits per heavy atom. The molecule has 1 aliphatic rings. The van der Waals surface area contributed by atoms with E-state index in [-0.39, 0.29) is 35.5 Å². The number of nitrogens with zero attached hydrogens (tertiary/aromatic N) is 2. The van der Waals surface area contributed by atoms with Crippen LogP contribution in [0.1, 0.15) is 67.1 Å². The average Bonchev–Trinajstić information content (AvgIpc) is 2.89. The number of aliphatic hydroxyl groups excluding tert-OH is 1. The van der Waals surface area contributed by atoms with Crippen molar-refractivity contribution in [1.29, 1.82) is 0 Å². The molecule has 1 amide bonds. The second-order valence-electron chi connectivity index (χ2n) is 9.72. The van der Waals surface area contributed by atoms with Gasteiger partial charge in [-0.25, -0.2) is 13.2 Å². The van der Waals surface area contributed by atoms with Crippen LogP contribution in [0, 0.1) is 17.7 Å². The molecule has 0 aliphatic heterocycles. The lowest BCUT2D eigenvalue weighted by Crippen LogP contribution is -2.38. The van der Waals surface area contributed by atoms with Crippen molar-refractivity contribution in [3.63, 3.8) is 0 Å². The van der Waals surface area contributed by atoms with Gasteiger partial charge in [0.25, 0.3) is 11.8 Å². The number of halogens is 4. The summed E-state index contributed by atoms with van der Waals surface area (Å²) in [6.07, 6.45) is 1.07. The summed E-state index contributed by atoms with van der Waals surface area (Å²) >= 11 is 6.01. The normalized spacial score (nSPS) is 21.6. The maximum Gasteiger partial charge on any atom is 0.254 e. The fourth-order valence-corrected chi connectivity index (χ4v) is 5.05. The van der Waals surface area contributed by atoms with E-state index in [9.17, 15) is 18.7 Å². The third-order valence-electron chi connectivity index (χ3n) is 7.19. The minimum absolute atomic E-state index is 0.0638. The molecule has 6 nitrogen and oxygen atoms in total. The first kappa shape index (κ1) is 29.6. The molecular formula is C28H34ClF3N4O2. The highest BCUT2D eigenvalue weighted by Crippen LogP contribution is 2.43. The number of alkyl halides is 2. The Morgan fingerprint density at radius 1 is 1.29 bits per heavy atom. The molecule has 0 saturated heterocycles. The van der Waals surface area contributed by atoms with Crippen LogP contribution in [0.5, 0.6) is 0 Å². The van der Waals surface area contributed by atoms with E-state index in [1.165, 1.54) is 19.2 Å². The van der Waals surface area contributed by atoms with Crippen molar-refractivity contribution in [3.05, 3.63) is 70.0 Å². The molecule has 2 aromatic rings. The Hall–Kier alpha value is -2.91. The third kappa shape index (κ3) is 6.94. The molecule has 0 radical (unpaired) electrons. The van der Waals surface area contributed by atoms with Crippen LogP contribution in [-0.2, 0) is 0 Å². The fourth-order valence-electron chi connectivity index (χ4n) is 4.85. The SMILES string of the molecule is CCC(N=C(C(N)=NC)c1ccc(C(=O)N[C@H](CO)c2cccc(Cl)c2)c(F)c1)[C@@H]1CCC(F)(F)[C@H](C)C1. The van der Waals surface area contributed by atoms with Crippen LogP contribution < -0.4 is 11.1 Å². The van der Waals surface area contributed by atoms with Gasteiger partial charge in [-0.05, 0) is 55.0 Å². The monoisotopic (exact) mass is 550 g/mol. The molecule has 3 rings (SSSR count). The molecule has 0 aromatic heterocycles. The molecule has 10 heteroatoms. The van der Waals surface area contributed by atoms with Crippen LogP contribution in [0.3, 0.4) is 0 Å². The van der Waals surface area contributed by atoms with E-state index >= 15 is 4.39 Å². The maximum atomic E-state index is 15.2. The van der Waals surface area contributed by atoms with Gasteiger partial charge in [0, 0.05) is 30.0 Å². The van der Waals surface area contributed by atoms with Gasteiger partial charge >= 0.3 is 0 Å². The highest BCUT2D eigenvalue weighted by molar-refractivity contribution is 6.47. The highest BCUT2D eigenvalue weighted by Gasteiger charge is 2.43. The summed E-state index contributed by atoms with van der Waals surface area (Å²) in [5.74, 6) is -4.95. The van der Waals surface area contributed by atoms with Crippen LogP contribution in [0.4, 0.5) is 13.2 Å². The van der Waals surface area contributed by atoms with E-state index in [4.69, 9.17) is 22.3 Å². The van der Waals surface area contributed by atoms with Crippen molar-refractivity contribution in [3.8, 4) is 0 Å². The maximum absolute atomic E-state index is 15.2. The van der Waals surface area contributed by atoms with Gasteiger partial charge in [0.1, 0.15) is 17.4 Å². The lowest BCUT2D eigenvalue weighted by Gasteiger charge is -2.36. The number of nitrogens with two attached hydrogens (primary N) is 1. The number of amidine groups is 1. The smallest absolute Gasteiger partial charge is 0.254 e. The van der Waals surface area contributed by atoms with Crippen molar-refractivity contribution < 1.29 is 23.1 Å². The second-order valence-corrected chi connectivity index (χ2v) is 10.2. The number of carbonyl (C=O) groups excluding carboxylic acids is 1. The number of nitrogens with one attached hydrogen (secondary N) is 1. The van der Waals surface area contributed by atoms with E-state index in [0.29, 0.717) is 35.4 Å². The summed E-state index contributed by atoms with van der Waals surface area (Å²) in [5, 5.41) is 12.8. The first-order chi connectivity index (χ1) is 18.0. The molecule has 1 unspecified atom stereocenters. The van der Waals surface area contributed by atoms with Crippen molar-refractivity contribution >= 4 is 29.1 Å². The highest BCUT2D eigenvalue weighted by atomic mass is 35.5. The van der Waals surface area contributed by atoms with Gasteiger partial charge in [-0.15, -0.1) is 0 Å². The van der Waals surface area contributed by atoms with Crippen molar-refractivity contribution in [1.82, 2.24) is 5.32 Å². The predicted molar refractivity (Wildman–Crippen MR) is 145 cm³/mol. The number of rotatable bonds is 9. The summed E-state index contributed by atoms with van der Waals surface area (Å²) < 4.78 is 43.3. The number of aliphatic imine (C=N–C) groups is 2. The van der Waals surface area contributed by atoms with E-state index in [2.05, 4.69) is 10.3 Å². The summed E-state index contributed by atoms with van der Waals surface area (Å²) in [5.41, 5.74) is 7.04. The first-order valence-electron chi connectivity index (χ1n) is 12.7. The van der Waals surface area contributed by atoms with Crippen molar-refractivity contribution in [2.24, 2.45) is 27.6 Å². The van der Waals surface area contributed by atoms with Crippen LogP contribution in [-0.4, -0.2) is 48.2 Å². The van der Waals surface area contributed by atoms with Crippen molar-refractivity contribution in [2.45, 2.75) is 57.5 Å². The van der Waals surface area contributed by atoms with Gasteiger partial charge in [-0.3, -0.25) is 14.8 Å². The van der Waals surface area contributed by atoms with Crippen LogP contribution in [0.2, 0.25) is 5.02 Å². The van der Waals surface area contributed by atoms with Gasteiger partial charge < -0.3 is 16.2 Å². The van der Waals surface area contributed by atoms with Gasteiger partial charge in [-0.1, -0.05) is 43.6 Å². The Kier molecular flexibility index (Phi) is 9.95. The van der Waals surface area contributed by atoms with Crippen LogP contribution >= 0.6 is 11.6 Å². The summed E-state index contributed by atoms with van der Waals surface area (Å²) in [6, 6.07) is 9.57. The zero-order valence-electron chi connectivity index (χ0n) is 21.7. The van der Waals surface area contributed by atoms with Crippen LogP contribution in [0.15, 0.2) is 52.4 Å². The zero-order chi connectivity index (χ0) is 28.0. The molecule has 4 N–H and O–H groups in total. The minimum atomic E-state index is -2.69. The molecule has 2 aromatic carbocycles. The lowest BCUT2D eigenvalue weighted by molar-refractivity contribution is -0.0929. The van der Waals surface area contributed by atoms with E-state index in [1.807, 2.05) is 6.92 Å². The quantitative estimate of drug-likeness (QED) is 0.281. The Labute approximate surface area is 226 Å². The molecule has 1 aliphatic carbocycles. The first-order valence-corrected chi connectivity index (χ1v) is 13.0. The summed E-state index contributed by atoms with van der Waals surface area (Å²) in [4.78, 5) is 21.6. The predicted octanol–water partition coefficient (Wildman–Crippen LogP) is 5.57. The molecular weight excluding hydrogens is 517 g/mol. The molecule has 0 bridgehead atoms. The number of hydrogen-bond acceptors (Lipinski definition) is 4. The van der Waals surface area contributed by atoms with Gasteiger partial charge in [0.2, 0.25) is 0 Å². The number of hydrogen-bond donors (Lipinski definition) is 3. The van der Waals surface area contributed by atoms with Crippen LogP contribution in [0.25, 0.3) is 0 Å². The third-order valence-corrected chi connectivity index (χ3v) is 7.43. The second kappa shape index (κ2) is 12.8. The fraction of sp³-hybridized carbons (Fsp3) is 0.464. The number of aliphatic hydroxyl groups is 1. The molecule has 4 atom stereocenters. The summed E-state index contributed by atoms with van der Waals surface area (Å²) in [6.45, 7) is 3.07. The van der Waals surface area contributed by atoms with Gasteiger partial charge in [0.15, 0.2) is 0 Å².